The minimum Gasteiger partial charge on any atom is -0.486 e. The zero-order valence-electron chi connectivity index (χ0n) is 19.1. The molecule has 0 aliphatic carbocycles. The highest BCUT2D eigenvalue weighted by atomic mass is 16.5. The van der Waals surface area contributed by atoms with E-state index >= 15 is 0 Å². The fourth-order valence-corrected chi connectivity index (χ4v) is 3.94. The van der Waals surface area contributed by atoms with E-state index in [4.69, 9.17) is 9.15 Å². The Labute approximate surface area is 197 Å². The standard InChI is InChI=1S/C28H25N3O3/c1-19-14-20(2)31(30-19)17-21-6-5-9-24(15-21)29-28(32)27-13-12-26(34-27)18-33-25-11-10-22-7-3-4-8-23(22)16-25/h3-16H,17-18H2,1-2H3,(H,29,32). The van der Waals surface area contributed by atoms with Crippen molar-refractivity contribution < 1.29 is 13.9 Å². The molecular formula is C28H25N3O3. The third-order valence-corrected chi connectivity index (χ3v) is 5.61. The average molecular weight is 452 g/mol. The molecule has 5 aromatic rings. The summed E-state index contributed by atoms with van der Waals surface area (Å²) in [5.74, 6) is 1.26. The van der Waals surface area contributed by atoms with Crippen molar-refractivity contribution in [3.05, 3.63) is 113 Å². The molecule has 34 heavy (non-hydrogen) atoms. The minimum absolute atomic E-state index is 0.237. The third-order valence-electron chi connectivity index (χ3n) is 5.61. The van der Waals surface area contributed by atoms with Gasteiger partial charge in [-0.05, 0) is 72.6 Å². The van der Waals surface area contributed by atoms with Crippen molar-refractivity contribution >= 4 is 22.4 Å². The molecule has 5 rings (SSSR count). The lowest BCUT2D eigenvalue weighted by molar-refractivity contribution is 0.0992. The summed E-state index contributed by atoms with van der Waals surface area (Å²) in [6.45, 7) is 4.89. The van der Waals surface area contributed by atoms with E-state index in [2.05, 4.69) is 16.5 Å². The zero-order chi connectivity index (χ0) is 23.5. The van der Waals surface area contributed by atoms with Crippen LogP contribution in [0.4, 0.5) is 5.69 Å². The van der Waals surface area contributed by atoms with Crippen molar-refractivity contribution in [3.8, 4) is 5.75 Å². The fraction of sp³-hybridized carbons (Fsp3) is 0.143. The molecular weight excluding hydrogens is 426 g/mol. The van der Waals surface area contributed by atoms with Gasteiger partial charge in [0, 0.05) is 11.4 Å². The van der Waals surface area contributed by atoms with Crippen LogP contribution in [0.25, 0.3) is 10.8 Å². The molecule has 170 valence electrons. The quantitative estimate of drug-likeness (QED) is 0.323. The van der Waals surface area contributed by atoms with Gasteiger partial charge in [-0.2, -0.15) is 5.10 Å². The average Bonchev–Trinajstić information content (AvgIpc) is 3.44. The SMILES string of the molecule is Cc1cc(C)n(Cc2cccc(NC(=O)c3ccc(COc4ccc5ccccc5c4)o3)c2)n1. The summed E-state index contributed by atoms with van der Waals surface area (Å²) in [5.41, 5.74) is 3.84. The van der Waals surface area contributed by atoms with Gasteiger partial charge >= 0.3 is 0 Å². The maximum Gasteiger partial charge on any atom is 0.291 e. The summed E-state index contributed by atoms with van der Waals surface area (Å²) in [4.78, 5) is 12.7. The summed E-state index contributed by atoms with van der Waals surface area (Å²) >= 11 is 0. The van der Waals surface area contributed by atoms with Gasteiger partial charge in [-0.25, -0.2) is 0 Å². The molecule has 0 fully saturated rings. The van der Waals surface area contributed by atoms with Crippen LogP contribution in [0.15, 0.2) is 89.3 Å². The van der Waals surface area contributed by atoms with E-state index in [1.54, 1.807) is 12.1 Å². The first-order valence-electron chi connectivity index (χ1n) is 11.2. The van der Waals surface area contributed by atoms with Crippen LogP contribution in [0.1, 0.15) is 33.3 Å². The molecule has 0 atom stereocenters. The van der Waals surface area contributed by atoms with Gasteiger partial charge in [0.2, 0.25) is 0 Å². The number of rotatable bonds is 7. The Morgan fingerprint density at radius 2 is 1.79 bits per heavy atom. The molecule has 0 saturated carbocycles. The number of ether oxygens (including phenoxy) is 1. The van der Waals surface area contributed by atoms with Crippen LogP contribution in [0.3, 0.4) is 0 Å². The van der Waals surface area contributed by atoms with E-state index in [0.717, 1.165) is 33.5 Å². The molecule has 0 aliphatic rings. The first-order valence-corrected chi connectivity index (χ1v) is 11.2. The Kier molecular flexibility index (Phi) is 5.87. The van der Waals surface area contributed by atoms with Gasteiger partial charge in [-0.3, -0.25) is 9.48 Å². The van der Waals surface area contributed by atoms with Crippen LogP contribution in [0.5, 0.6) is 5.75 Å². The predicted molar refractivity (Wildman–Crippen MR) is 132 cm³/mol. The number of benzene rings is 3. The number of carbonyl (C=O) groups excluding carboxylic acids is 1. The molecule has 0 unspecified atom stereocenters. The Hall–Kier alpha value is -4.32. The van der Waals surface area contributed by atoms with Gasteiger partial charge in [0.05, 0.1) is 12.2 Å². The number of carbonyl (C=O) groups is 1. The molecule has 2 aromatic heterocycles. The van der Waals surface area contributed by atoms with Crippen molar-refractivity contribution in [2.75, 3.05) is 5.32 Å². The number of nitrogens with one attached hydrogen (secondary N) is 1. The van der Waals surface area contributed by atoms with Gasteiger partial charge in [-0.15, -0.1) is 0 Å². The van der Waals surface area contributed by atoms with Crippen LogP contribution < -0.4 is 10.1 Å². The monoisotopic (exact) mass is 451 g/mol. The number of hydrogen-bond acceptors (Lipinski definition) is 4. The van der Waals surface area contributed by atoms with Crippen LogP contribution >= 0.6 is 0 Å². The minimum atomic E-state index is -0.305. The second-order valence-corrected chi connectivity index (χ2v) is 8.30. The van der Waals surface area contributed by atoms with E-state index < -0.39 is 0 Å². The number of anilines is 1. The first-order chi connectivity index (χ1) is 16.5. The molecule has 0 bridgehead atoms. The molecule has 6 nitrogen and oxygen atoms in total. The summed E-state index contributed by atoms with van der Waals surface area (Å²) in [5, 5.41) is 9.68. The highest BCUT2D eigenvalue weighted by Gasteiger charge is 2.13. The topological polar surface area (TPSA) is 69.3 Å². The smallest absolute Gasteiger partial charge is 0.291 e. The highest BCUT2D eigenvalue weighted by molar-refractivity contribution is 6.02. The molecule has 2 heterocycles. The summed E-state index contributed by atoms with van der Waals surface area (Å²) < 4.78 is 13.5. The highest BCUT2D eigenvalue weighted by Crippen LogP contribution is 2.22. The second-order valence-electron chi connectivity index (χ2n) is 8.30. The fourth-order valence-electron chi connectivity index (χ4n) is 3.94. The largest absolute Gasteiger partial charge is 0.486 e. The molecule has 0 spiro atoms. The van der Waals surface area contributed by atoms with Crippen LogP contribution in [-0.2, 0) is 13.2 Å². The van der Waals surface area contributed by atoms with Gasteiger partial charge < -0.3 is 14.5 Å². The third kappa shape index (κ3) is 4.86. The Morgan fingerprint density at radius 1 is 0.941 bits per heavy atom. The maximum absolute atomic E-state index is 12.7. The Balaban J connectivity index is 1.21. The second kappa shape index (κ2) is 9.27. The Bertz CT molecular complexity index is 1460. The number of aryl methyl sites for hydroxylation is 2. The predicted octanol–water partition coefficient (Wildman–Crippen LogP) is 6.13. The number of fused-ring (bicyclic) bond motifs is 1. The number of amides is 1. The molecule has 6 heteroatoms. The molecule has 0 radical (unpaired) electrons. The number of furan rings is 1. The Morgan fingerprint density at radius 3 is 2.62 bits per heavy atom. The van der Waals surface area contributed by atoms with E-state index in [9.17, 15) is 4.79 Å². The molecule has 3 aromatic carbocycles. The van der Waals surface area contributed by atoms with Gasteiger partial charge in [0.15, 0.2) is 5.76 Å². The molecule has 0 saturated heterocycles. The maximum atomic E-state index is 12.7. The van der Waals surface area contributed by atoms with Gasteiger partial charge in [0.25, 0.3) is 5.91 Å². The lowest BCUT2D eigenvalue weighted by atomic mass is 10.1. The number of aromatic nitrogens is 2. The molecule has 1 amide bonds. The van der Waals surface area contributed by atoms with E-state index in [1.807, 2.05) is 85.3 Å². The van der Waals surface area contributed by atoms with Crippen molar-refractivity contribution in [3.63, 3.8) is 0 Å². The summed E-state index contributed by atoms with van der Waals surface area (Å²) in [7, 11) is 0. The van der Waals surface area contributed by atoms with Crippen molar-refractivity contribution in [1.82, 2.24) is 9.78 Å². The van der Waals surface area contributed by atoms with Crippen molar-refractivity contribution in [2.24, 2.45) is 0 Å². The first kappa shape index (κ1) is 21.5. The van der Waals surface area contributed by atoms with E-state index in [1.165, 1.54) is 0 Å². The molecule has 1 N–H and O–H groups in total. The normalized spacial score (nSPS) is 11.0. The summed E-state index contributed by atoms with van der Waals surface area (Å²) in [6.07, 6.45) is 0. The van der Waals surface area contributed by atoms with Crippen LogP contribution in [0.2, 0.25) is 0 Å². The number of nitrogens with zero attached hydrogens (tertiary/aromatic N) is 2. The lowest BCUT2D eigenvalue weighted by Crippen LogP contribution is -2.11. The van der Waals surface area contributed by atoms with Crippen molar-refractivity contribution in [2.45, 2.75) is 27.0 Å². The van der Waals surface area contributed by atoms with E-state index in [0.29, 0.717) is 18.0 Å². The van der Waals surface area contributed by atoms with Gasteiger partial charge in [-0.1, -0.05) is 42.5 Å². The zero-order valence-corrected chi connectivity index (χ0v) is 19.1. The van der Waals surface area contributed by atoms with Gasteiger partial charge in [0.1, 0.15) is 18.1 Å². The van der Waals surface area contributed by atoms with Crippen molar-refractivity contribution in [1.29, 1.82) is 0 Å². The van der Waals surface area contributed by atoms with Crippen LogP contribution in [0, 0.1) is 13.8 Å². The number of hydrogen-bond donors (Lipinski definition) is 1. The summed E-state index contributed by atoms with van der Waals surface area (Å²) in [6, 6.07) is 27.3. The molecule has 0 aliphatic heterocycles. The van der Waals surface area contributed by atoms with Crippen LogP contribution in [-0.4, -0.2) is 15.7 Å². The van der Waals surface area contributed by atoms with E-state index in [-0.39, 0.29) is 18.3 Å². The lowest BCUT2D eigenvalue weighted by Gasteiger charge is -2.08.